The van der Waals surface area contributed by atoms with Crippen LogP contribution in [0.25, 0.3) is 5.65 Å². The van der Waals surface area contributed by atoms with Crippen LogP contribution in [0.1, 0.15) is 21.7 Å². The first-order valence-electron chi connectivity index (χ1n) is 9.63. The van der Waals surface area contributed by atoms with Gasteiger partial charge in [-0.3, -0.25) is 9.69 Å². The number of nitrogens with zero attached hydrogens (tertiary/aromatic N) is 5. The van der Waals surface area contributed by atoms with Crippen molar-refractivity contribution in [3.05, 3.63) is 59.5 Å². The molecule has 1 aliphatic heterocycles. The van der Waals surface area contributed by atoms with E-state index in [4.69, 9.17) is 4.74 Å². The molecule has 146 valence electrons. The normalized spacial score (nSPS) is 15.1. The topological polar surface area (TPSA) is 63.0 Å². The summed E-state index contributed by atoms with van der Waals surface area (Å²) in [5, 5.41) is 4.34. The van der Waals surface area contributed by atoms with E-state index in [9.17, 15) is 4.79 Å². The summed E-state index contributed by atoms with van der Waals surface area (Å²) >= 11 is 0. The summed E-state index contributed by atoms with van der Waals surface area (Å²) in [5.41, 5.74) is 3.08. The van der Waals surface area contributed by atoms with Crippen molar-refractivity contribution in [2.24, 2.45) is 0 Å². The van der Waals surface area contributed by atoms with Crippen molar-refractivity contribution in [2.45, 2.75) is 13.8 Å². The Bertz CT molecular complexity index is 962. The molecule has 2 aromatic heterocycles. The summed E-state index contributed by atoms with van der Waals surface area (Å²) in [6.07, 6.45) is 1.64. The van der Waals surface area contributed by atoms with Crippen molar-refractivity contribution >= 4 is 11.6 Å². The Morgan fingerprint density at radius 2 is 1.86 bits per heavy atom. The lowest BCUT2D eigenvalue weighted by atomic mass is 10.2. The SMILES string of the molecule is Cc1cc(C)n2ncc(C(=O)N3CCN(CCOc4ccccc4)CC3)c2n1. The van der Waals surface area contributed by atoms with Crippen molar-refractivity contribution in [2.75, 3.05) is 39.3 Å². The van der Waals surface area contributed by atoms with Crippen LogP contribution in [0.3, 0.4) is 0 Å². The Balaban J connectivity index is 1.33. The molecule has 4 rings (SSSR count). The molecule has 3 heterocycles. The zero-order valence-corrected chi connectivity index (χ0v) is 16.3. The monoisotopic (exact) mass is 379 g/mol. The van der Waals surface area contributed by atoms with Crippen molar-refractivity contribution in [1.29, 1.82) is 0 Å². The average molecular weight is 379 g/mol. The minimum atomic E-state index is 0.00712. The van der Waals surface area contributed by atoms with Gasteiger partial charge >= 0.3 is 0 Å². The number of hydrogen-bond acceptors (Lipinski definition) is 5. The molecule has 1 aromatic carbocycles. The molecular weight excluding hydrogens is 354 g/mol. The van der Waals surface area contributed by atoms with E-state index in [1.165, 1.54) is 0 Å². The second kappa shape index (κ2) is 7.98. The Morgan fingerprint density at radius 3 is 2.61 bits per heavy atom. The van der Waals surface area contributed by atoms with Crippen LogP contribution in [0.2, 0.25) is 0 Å². The Morgan fingerprint density at radius 1 is 1.11 bits per heavy atom. The van der Waals surface area contributed by atoms with Gasteiger partial charge in [-0.15, -0.1) is 0 Å². The molecule has 7 nitrogen and oxygen atoms in total. The van der Waals surface area contributed by atoms with Gasteiger partial charge in [0.25, 0.3) is 5.91 Å². The lowest BCUT2D eigenvalue weighted by Crippen LogP contribution is -2.49. The number of aromatic nitrogens is 3. The third-order valence-electron chi connectivity index (χ3n) is 5.09. The number of ether oxygens (including phenoxy) is 1. The third kappa shape index (κ3) is 3.84. The van der Waals surface area contributed by atoms with E-state index in [-0.39, 0.29) is 5.91 Å². The Labute approximate surface area is 164 Å². The number of carbonyl (C=O) groups is 1. The van der Waals surface area contributed by atoms with Crippen LogP contribution in [0.15, 0.2) is 42.6 Å². The molecule has 0 spiro atoms. The van der Waals surface area contributed by atoms with Crippen molar-refractivity contribution in [3.8, 4) is 5.75 Å². The van der Waals surface area contributed by atoms with E-state index in [0.29, 0.717) is 30.9 Å². The van der Waals surface area contributed by atoms with Crippen molar-refractivity contribution < 1.29 is 9.53 Å². The fourth-order valence-corrected chi connectivity index (χ4v) is 3.58. The number of benzene rings is 1. The summed E-state index contributed by atoms with van der Waals surface area (Å²) in [7, 11) is 0. The van der Waals surface area contributed by atoms with Crippen LogP contribution in [0.4, 0.5) is 0 Å². The number of fused-ring (bicyclic) bond motifs is 1. The van der Waals surface area contributed by atoms with Crippen molar-refractivity contribution in [1.82, 2.24) is 24.4 Å². The van der Waals surface area contributed by atoms with E-state index < -0.39 is 0 Å². The molecule has 0 N–H and O–H groups in total. The predicted octanol–water partition coefficient (Wildman–Crippen LogP) is 2.18. The highest BCUT2D eigenvalue weighted by Gasteiger charge is 2.25. The lowest BCUT2D eigenvalue weighted by Gasteiger charge is -2.34. The highest BCUT2D eigenvalue weighted by Crippen LogP contribution is 2.16. The van der Waals surface area contributed by atoms with Gasteiger partial charge in [0.15, 0.2) is 5.65 Å². The molecule has 7 heteroatoms. The smallest absolute Gasteiger partial charge is 0.259 e. The standard InChI is InChI=1S/C21H25N5O2/c1-16-14-17(2)26-20(23-16)19(15-22-26)21(27)25-10-8-24(9-11-25)12-13-28-18-6-4-3-5-7-18/h3-7,14-15H,8-13H2,1-2H3. The average Bonchev–Trinajstić information content (AvgIpc) is 3.13. The number of piperazine rings is 1. The zero-order valence-electron chi connectivity index (χ0n) is 16.3. The predicted molar refractivity (Wildman–Crippen MR) is 107 cm³/mol. The molecule has 1 saturated heterocycles. The molecule has 1 aliphatic rings. The molecule has 0 saturated carbocycles. The maximum Gasteiger partial charge on any atom is 0.259 e. The number of amides is 1. The highest BCUT2D eigenvalue weighted by atomic mass is 16.5. The van der Waals surface area contributed by atoms with Crippen molar-refractivity contribution in [3.63, 3.8) is 0 Å². The fraction of sp³-hybridized carbons (Fsp3) is 0.381. The van der Waals surface area contributed by atoms with Crippen LogP contribution >= 0.6 is 0 Å². The summed E-state index contributed by atoms with van der Waals surface area (Å²) in [4.78, 5) is 21.7. The van der Waals surface area contributed by atoms with E-state index in [0.717, 1.165) is 36.8 Å². The first-order chi connectivity index (χ1) is 13.6. The van der Waals surface area contributed by atoms with Gasteiger partial charge in [-0.2, -0.15) is 5.10 Å². The fourth-order valence-electron chi connectivity index (χ4n) is 3.58. The van der Waals surface area contributed by atoms with Gasteiger partial charge < -0.3 is 9.64 Å². The van der Waals surface area contributed by atoms with Crippen LogP contribution < -0.4 is 4.74 Å². The second-order valence-corrected chi connectivity index (χ2v) is 7.13. The second-order valence-electron chi connectivity index (χ2n) is 7.13. The molecule has 0 bridgehead atoms. The summed E-state index contributed by atoms with van der Waals surface area (Å²) < 4.78 is 7.50. The van der Waals surface area contributed by atoms with Crippen LogP contribution in [0, 0.1) is 13.8 Å². The minimum absolute atomic E-state index is 0.00712. The lowest BCUT2D eigenvalue weighted by molar-refractivity contribution is 0.0622. The molecule has 0 unspecified atom stereocenters. The van der Waals surface area contributed by atoms with Gasteiger partial charge in [-0.05, 0) is 32.0 Å². The molecule has 0 radical (unpaired) electrons. The molecule has 1 amide bonds. The molecule has 1 fully saturated rings. The van der Waals surface area contributed by atoms with Gasteiger partial charge in [0.1, 0.15) is 17.9 Å². The Hall–Kier alpha value is -2.93. The summed E-state index contributed by atoms with van der Waals surface area (Å²) in [5.74, 6) is 0.898. The molecule has 28 heavy (non-hydrogen) atoms. The molecule has 0 aliphatic carbocycles. The van der Waals surface area contributed by atoms with Gasteiger partial charge in [0.2, 0.25) is 0 Å². The number of aryl methyl sites for hydroxylation is 2. The largest absolute Gasteiger partial charge is 0.492 e. The molecule has 0 atom stereocenters. The number of para-hydroxylation sites is 1. The maximum atomic E-state index is 13.0. The van der Waals surface area contributed by atoms with Gasteiger partial charge in [0, 0.05) is 44.1 Å². The zero-order chi connectivity index (χ0) is 19.5. The van der Waals surface area contributed by atoms with E-state index in [2.05, 4.69) is 15.0 Å². The van der Waals surface area contributed by atoms with Crippen LogP contribution in [-0.2, 0) is 0 Å². The van der Waals surface area contributed by atoms with Gasteiger partial charge in [0.05, 0.1) is 6.20 Å². The Kier molecular flexibility index (Phi) is 5.25. The van der Waals surface area contributed by atoms with E-state index in [1.54, 1.807) is 10.7 Å². The van der Waals surface area contributed by atoms with Gasteiger partial charge in [-0.25, -0.2) is 9.50 Å². The quantitative estimate of drug-likeness (QED) is 0.680. The number of carbonyl (C=O) groups excluding carboxylic acids is 1. The maximum absolute atomic E-state index is 13.0. The third-order valence-corrected chi connectivity index (χ3v) is 5.09. The van der Waals surface area contributed by atoms with Crippen LogP contribution in [0.5, 0.6) is 5.75 Å². The van der Waals surface area contributed by atoms with E-state index >= 15 is 0 Å². The summed E-state index contributed by atoms with van der Waals surface area (Å²) in [6.45, 7) is 8.49. The van der Waals surface area contributed by atoms with Gasteiger partial charge in [-0.1, -0.05) is 18.2 Å². The van der Waals surface area contributed by atoms with Crippen LogP contribution in [-0.4, -0.2) is 69.6 Å². The minimum Gasteiger partial charge on any atom is -0.492 e. The molecular formula is C21H25N5O2. The first-order valence-corrected chi connectivity index (χ1v) is 9.63. The van der Waals surface area contributed by atoms with E-state index in [1.807, 2.05) is 55.1 Å². The number of rotatable bonds is 5. The number of hydrogen-bond donors (Lipinski definition) is 0. The highest BCUT2D eigenvalue weighted by molar-refractivity contribution is 5.99. The summed E-state index contributed by atoms with van der Waals surface area (Å²) in [6, 6.07) is 11.8. The molecule has 3 aromatic rings. The first kappa shape index (κ1) is 18.4.